The Balaban J connectivity index is 1.98. The van der Waals surface area contributed by atoms with Gasteiger partial charge in [0.05, 0.1) is 26.4 Å². The lowest BCUT2D eigenvalue weighted by Crippen LogP contribution is -2.52. The third-order valence-corrected chi connectivity index (χ3v) is 3.67. The minimum absolute atomic E-state index is 0.142. The van der Waals surface area contributed by atoms with E-state index in [1.54, 1.807) is 6.92 Å². The fraction of sp³-hybridized carbons (Fsp3) is 0.500. The number of hydrogen-bond acceptors (Lipinski definition) is 4. The van der Waals surface area contributed by atoms with Crippen LogP contribution >= 0.6 is 0 Å². The zero-order valence-electron chi connectivity index (χ0n) is 10.4. The Hall–Kier alpha value is -1.55. The van der Waals surface area contributed by atoms with E-state index in [0.717, 1.165) is 23.5 Å². The Morgan fingerprint density at radius 1 is 1.17 bits per heavy atom. The second kappa shape index (κ2) is 4.28. The van der Waals surface area contributed by atoms with E-state index in [1.807, 2.05) is 18.2 Å². The van der Waals surface area contributed by atoms with Gasteiger partial charge in [0, 0.05) is 6.42 Å². The Morgan fingerprint density at radius 3 is 2.50 bits per heavy atom. The van der Waals surface area contributed by atoms with Gasteiger partial charge < -0.3 is 14.2 Å². The minimum Gasteiger partial charge on any atom is -0.490 e. The average Bonchev–Trinajstić information content (AvgIpc) is 2.51. The molecular formula is C14H16O4. The van der Waals surface area contributed by atoms with Crippen LogP contribution in [0.5, 0.6) is 11.5 Å². The molecule has 1 fully saturated rings. The van der Waals surface area contributed by atoms with Crippen LogP contribution in [0.4, 0.5) is 0 Å². The van der Waals surface area contributed by atoms with Gasteiger partial charge in [0.25, 0.3) is 0 Å². The lowest BCUT2D eigenvalue weighted by atomic mass is 9.75. The molecule has 0 saturated carbocycles. The molecule has 18 heavy (non-hydrogen) atoms. The highest BCUT2D eigenvalue weighted by molar-refractivity contribution is 5.89. The summed E-state index contributed by atoms with van der Waals surface area (Å²) in [7, 11) is 0. The van der Waals surface area contributed by atoms with E-state index in [1.165, 1.54) is 0 Å². The fourth-order valence-corrected chi connectivity index (χ4v) is 2.34. The molecule has 4 nitrogen and oxygen atoms in total. The molecule has 2 aliphatic rings. The van der Waals surface area contributed by atoms with Crippen molar-refractivity contribution in [3.63, 3.8) is 0 Å². The summed E-state index contributed by atoms with van der Waals surface area (Å²) in [6.45, 7) is 3.86. The van der Waals surface area contributed by atoms with Crippen LogP contribution in [0.1, 0.15) is 18.9 Å². The molecule has 0 aromatic heterocycles. The van der Waals surface area contributed by atoms with Gasteiger partial charge >= 0.3 is 0 Å². The standard InChI is InChI=1S/C14H16O4/c1-10(15)14(8-16-9-14)11-3-4-12-13(7-11)18-6-2-5-17-12/h3-4,7H,2,5-6,8-9H2,1H3. The van der Waals surface area contributed by atoms with Crippen LogP contribution in [0.15, 0.2) is 18.2 Å². The molecule has 3 rings (SSSR count). The predicted octanol–water partition coefficient (Wildman–Crippen LogP) is 1.70. The van der Waals surface area contributed by atoms with Crippen molar-refractivity contribution in [2.24, 2.45) is 0 Å². The fourth-order valence-electron chi connectivity index (χ4n) is 2.34. The topological polar surface area (TPSA) is 44.8 Å². The number of hydrogen-bond donors (Lipinski definition) is 0. The number of Topliss-reactive ketones (excluding diaryl/α,β-unsaturated/α-hetero) is 1. The quantitative estimate of drug-likeness (QED) is 0.799. The van der Waals surface area contributed by atoms with Crippen LogP contribution in [0.2, 0.25) is 0 Å². The van der Waals surface area contributed by atoms with E-state index in [4.69, 9.17) is 14.2 Å². The summed E-state index contributed by atoms with van der Waals surface area (Å²) in [5.41, 5.74) is 0.482. The summed E-state index contributed by atoms with van der Waals surface area (Å²) in [5.74, 6) is 1.64. The summed E-state index contributed by atoms with van der Waals surface area (Å²) in [6, 6.07) is 5.75. The summed E-state index contributed by atoms with van der Waals surface area (Å²) in [6.07, 6.45) is 0.880. The van der Waals surface area contributed by atoms with Crippen LogP contribution in [0, 0.1) is 0 Å². The molecule has 0 N–H and O–H groups in total. The maximum absolute atomic E-state index is 11.8. The first-order valence-corrected chi connectivity index (χ1v) is 6.21. The molecule has 2 aliphatic heterocycles. The summed E-state index contributed by atoms with van der Waals surface area (Å²) >= 11 is 0. The Kier molecular flexibility index (Phi) is 2.74. The van der Waals surface area contributed by atoms with Crippen molar-refractivity contribution in [3.05, 3.63) is 23.8 Å². The van der Waals surface area contributed by atoms with Crippen LogP contribution in [0.3, 0.4) is 0 Å². The van der Waals surface area contributed by atoms with E-state index in [-0.39, 0.29) is 5.78 Å². The van der Waals surface area contributed by atoms with Crippen molar-refractivity contribution in [2.45, 2.75) is 18.8 Å². The maximum Gasteiger partial charge on any atom is 0.161 e. The molecule has 0 atom stereocenters. The number of carbonyl (C=O) groups is 1. The van der Waals surface area contributed by atoms with Gasteiger partial charge in [0.2, 0.25) is 0 Å². The van der Waals surface area contributed by atoms with Gasteiger partial charge in [-0.25, -0.2) is 0 Å². The molecule has 1 saturated heterocycles. The van der Waals surface area contributed by atoms with Crippen molar-refractivity contribution >= 4 is 5.78 Å². The number of ketones is 1. The lowest BCUT2D eigenvalue weighted by Gasteiger charge is -2.39. The first-order chi connectivity index (χ1) is 8.72. The van der Waals surface area contributed by atoms with E-state index in [9.17, 15) is 4.79 Å². The van der Waals surface area contributed by atoms with Crippen LogP contribution in [0.25, 0.3) is 0 Å². The molecule has 0 radical (unpaired) electrons. The van der Waals surface area contributed by atoms with Crippen LogP contribution < -0.4 is 9.47 Å². The molecule has 1 aromatic carbocycles. The van der Waals surface area contributed by atoms with Crippen LogP contribution in [-0.2, 0) is 14.9 Å². The smallest absolute Gasteiger partial charge is 0.161 e. The van der Waals surface area contributed by atoms with Crippen molar-refractivity contribution < 1.29 is 19.0 Å². The Labute approximate surface area is 106 Å². The highest BCUT2D eigenvalue weighted by Gasteiger charge is 2.45. The molecule has 0 spiro atoms. The molecule has 96 valence electrons. The average molecular weight is 248 g/mol. The van der Waals surface area contributed by atoms with Gasteiger partial charge in [0.15, 0.2) is 11.5 Å². The van der Waals surface area contributed by atoms with Crippen molar-refractivity contribution in [3.8, 4) is 11.5 Å². The monoisotopic (exact) mass is 248 g/mol. The Bertz CT molecular complexity index is 477. The molecule has 2 heterocycles. The lowest BCUT2D eigenvalue weighted by molar-refractivity contribution is -0.140. The molecule has 0 amide bonds. The van der Waals surface area contributed by atoms with Gasteiger partial charge in [0.1, 0.15) is 11.2 Å². The second-order valence-corrected chi connectivity index (χ2v) is 4.84. The summed E-state index contributed by atoms with van der Waals surface area (Å²) in [5, 5.41) is 0. The van der Waals surface area contributed by atoms with Gasteiger partial charge in [-0.05, 0) is 24.6 Å². The Morgan fingerprint density at radius 2 is 1.89 bits per heavy atom. The number of rotatable bonds is 2. The first-order valence-electron chi connectivity index (χ1n) is 6.21. The zero-order valence-corrected chi connectivity index (χ0v) is 10.4. The normalized spacial score (nSPS) is 20.7. The summed E-state index contributed by atoms with van der Waals surface area (Å²) < 4.78 is 16.5. The van der Waals surface area contributed by atoms with Crippen molar-refractivity contribution in [1.82, 2.24) is 0 Å². The number of benzene rings is 1. The highest BCUT2D eigenvalue weighted by atomic mass is 16.5. The van der Waals surface area contributed by atoms with E-state index < -0.39 is 5.41 Å². The third-order valence-electron chi connectivity index (χ3n) is 3.67. The van der Waals surface area contributed by atoms with Gasteiger partial charge in [-0.1, -0.05) is 6.07 Å². The molecule has 1 aromatic rings. The van der Waals surface area contributed by atoms with E-state index in [0.29, 0.717) is 26.4 Å². The van der Waals surface area contributed by atoms with E-state index >= 15 is 0 Å². The van der Waals surface area contributed by atoms with Gasteiger partial charge in [-0.3, -0.25) is 4.79 Å². The summed E-state index contributed by atoms with van der Waals surface area (Å²) in [4.78, 5) is 11.8. The van der Waals surface area contributed by atoms with Gasteiger partial charge in [-0.15, -0.1) is 0 Å². The van der Waals surface area contributed by atoms with E-state index in [2.05, 4.69) is 0 Å². The third kappa shape index (κ3) is 1.68. The molecule has 0 aliphatic carbocycles. The largest absolute Gasteiger partial charge is 0.490 e. The number of ether oxygens (including phenoxy) is 3. The van der Waals surface area contributed by atoms with Crippen LogP contribution in [-0.4, -0.2) is 32.2 Å². The second-order valence-electron chi connectivity index (χ2n) is 4.84. The highest BCUT2D eigenvalue weighted by Crippen LogP contribution is 2.39. The molecule has 0 unspecified atom stereocenters. The molecular weight excluding hydrogens is 232 g/mol. The van der Waals surface area contributed by atoms with Crippen molar-refractivity contribution in [1.29, 1.82) is 0 Å². The molecule has 0 bridgehead atoms. The minimum atomic E-state index is -0.481. The molecule has 4 heteroatoms. The SMILES string of the molecule is CC(=O)C1(c2ccc3c(c2)OCCCO3)COC1. The predicted molar refractivity (Wildman–Crippen MR) is 65.2 cm³/mol. The maximum atomic E-state index is 11.8. The zero-order chi connectivity index (χ0) is 12.6. The first kappa shape index (κ1) is 11.5. The number of fused-ring (bicyclic) bond motifs is 1. The van der Waals surface area contributed by atoms with Crippen molar-refractivity contribution in [2.75, 3.05) is 26.4 Å². The number of carbonyl (C=O) groups excluding carboxylic acids is 1. The van der Waals surface area contributed by atoms with Gasteiger partial charge in [-0.2, -0.15) is 0 Å².